The Hall–Kier alpha value is -2.45. The quantitative estimate of drug-likeness (QED) is 0.549. The van der Waals surface area contributed by atoms with Crippen molar-refractivity contribution in [3.63, 3.8) is 0 Å². The minimum atomic E-state index is -4.07. The van der Waals surface area contributed by atoms with Crippen molar-refractivity contribution >= 4 is 38.9 Å². The highest BCUT2D eigenvalue weighted by molar-refractivity contribution is 7.95. The molecule has 2 aromatic rings. The second-order valence-electron chi connectivity index (χ2n) is 8.35. The van der Waals surface area contributed by atoms with Crippen LogP contribution in [-0.4, -0.2) is 42.6 Å². The second kappa shape index (κ2) is 9.30. The molecule has 1 fully saturated rings. The van der Waals surface area contributed by atoms with E-state index in [1.807, 2.05) is 0 Å². The van der Waals surface area contributed by atoms with Crippen LogP contribution in [0.5, 0.6) is 0 Å². The number of amides is 1. The molecule has 0 radical (unpaired) electrons. The number of carbonyl (C=O) groups excluding carboxylic acids is 1. The normalized spacial score (nSPS) is 20.1. The van der Waals surface area contributed by atoms with Crippen LogP contribution in [0.2, 0.25) is 10.0 Å². The molecule has 11 heteroatoms. The number of hydrogen-bond acceptors (Lipinski definition) is 7. The van der Waals surface area contributed by atoms with Gasteiger partial charge in [-0.05, 0) is 55.7 Å². The molecule has 2 atom stereocenters. The molecule has 8 nitrogen and oxygen atoms in total. The topological polar surface area (TPSA) is 117 Å². The third-order valence-electron chi connectivity index (χ3n) is 6.00. The van der Waals surface area contributed by atoms with E-state index in [-0.39, 0.29) is 21.4 Å². The van der Waals surface area contributed by atoms with E-state index >= 15 is 0 Å². The molecular weight excluding hydrogens is 499 g/mol. The van der Waals surface area contributed by atoms with Crippen LogP contribution in [0.25, 0.3) is 0 Å². The van der Waals surface area contributed by atoms with Gasteiger partial charge in [0.25, 0.3) is 0 Å². The number of carbonyl (C=O) groups is 1. The molecule has 0 bridgehead atoms. The average Bonchev–Trinajstić information content (AvgIpc) is 3.43. The van der Waals surface area contributed by atoms with Crippen LogP contribution in [0.1, 0.15) is 31.2 Å². The molecule has 178 valence electrons. The first-order valence-electron chi connectivity index (χ1n) is 10.5. The maximum atomic E-state index is 13.5. The molecule has 1 saturated carbocycles. The molecule has 2 aliphatic rings. The molecule has 4 rings (SSSR count). The molecule has 34 heavy (non-hydrogen) atoms. The van der Waals surface area contributed by atoms with Crippen molar-refractivity contribution in [3.8, 4) is 6.07 Å². The summed E-state index contributed by atoms with van der Waals surface area (Å²) in [5.41, 5.74) is 2.25. The third kappa shape index (κ3) is 4.70. The number of hydrazine groups is 1. The molecule has 1 amide bonds. The Morgan fingerprint density at radius 3 is 2.47 bits per heavy atom. The van der Waals surface area contributed by atoms with Crippen LogP contribution >= 0.6 is 23.2 Å². The van der Waals surface area contributed by atoms with E-state index < -0.39 is 33.4 Å². The molecular formula is C23H21Cl2N4O4S-. The fourth-order valence-corrected chi connectivity index (χ4v) is 5.79. The third-order valence-corrected chi connectivity index (χ3v) is 8.59. The summed E-state index contributed by atoms with van der Waals surface area (Å²) in [6.45, 7) is 1.36. The minimum absolute atomic E-state index is 0.0396. The zero-order valence-electron chi connectivity index (χ0n) is 18.1. The van der Waals surface area contributed by atoms with E-state index in [2.05, 4.69) is 11.5 Å². The van der Waals surface area contributed by atoms with Gasteiger partial charge in [-0.2, -0.15) is 5.26 Å². The van der Waals surface area contributed by atoms with Crippen molar-refractivity contribution in [1.29, 1.82) is 5.26 Å². The van der Waals surface area contributed by atoms with Gasteiger partial charge in [-0.1, -0.05) is 47.5 Å². The van der Waals surface area contributed by atoms with Gasteiger partial charge in [0.05, 0.1) is 33.4 Å². The first kappa shape index (κ1) is 24.7. The van der Waals surface area contributed by atoms with Gasteiger partial charge in [-0.15, -0.1) is 0 Å². The molecule has 0 saturated heterocycles. The van der Waals surface area contributed by atoms with Crippen LogP contribution in [0.15, 0.2) is 64.4 Å². The number of nitrogens with one attached hydrogen (secondary N) is 1. The van der Waals surface area contributed by atoms with E-state index in [9.17, 15) is 23.7 Å². The zero-order valence-corrected chi connectivity index (χ0v) is 20.4. The standard InChI is InChI=1S/C23H21Cl2N4O4S/c1-15(16-6-8-17(24)9-7-16)22(30)28-13-18(34(32,33)20-5-3-2-4-19(20)25)12-21(28)29(31)27-23(14-26)10-11-23/h2-9,12,15,21,27H,10-11,13H2,1H3/q-1/t15-,21-/m1/s1. The summed E-state index contributed by atoms with van der Waals surface area (Å²) in [6, 6.07) is 14.7. The predicted molar refractivity (Wildman–Crippen MR) is 128 cm³/mol. The lowest BCUT2D eigenvalue weighted by Crippen LogP contribution is -2.54. The summed E-state index contributed by atoms with van der Waals surface area (Å²) in [4.78, 5) is 14.4. The molecule has 0 spiro atoms. The summed E-state index contributed by atoms with van der Waals surface area (Å²) in [5.74, 6) is -1.12. The maximum absolute atomic E-state index is 13.5. The van der Waals surface area contributed by atoms with Gasteiger partial charge in [-0.25, -0.2) is 13.8 Å². The van der Waals surface area contributed by atoms with E-state index in [0.29, 0.717) is 28.6 Å². The number of nitriles is 1. The summed E-state index contributed by atoms with van der Waals surface area (Å²) in [7, 11) is -4.07. The number of halogens is 2. The molecule has 2 aromatic carbocycles. The van der Waals surface area contributed by atoms with Crippen molar-refractivity contribution in [3.05, 3.63) is 80.3 Å². The van der Waals surface area contributed by atoms with Crippen LogP contribution < -0.4 is 5.43 Å². The van der Waals surface area contributed by atoms with Gasteiger partial charge in [0, 0.05) is 5.02 Å². The number of hydroxylamine groups is 1. The lowest BCUT2D eigenvalue weighted by atomic mass is 10.00. The number of hydrogen-bond donors (Lipinski definition) is 1. The van der Waals surface area contributed by atoms with Gasteiger partial charge >= 0.3 is 0 Å². The lowest BCUT2D eigenvalue weighted by Gasteiger charge is -2.41. The van der Waals surface area contributed by atoms with Gasteiger partial charge in [0.15, 0.2) is 0 Å². The monoisotopic (exact) mass is 519 g/mol. The number of benzene rings is 2. The first-order valence-corrected chi connectivity index (χ1v) is 12.7. The highest BCUT2D eigenvalue weighted by Gasteiger charge is 2.46. The molecule has 0 aromatic heterocycles. The Bertz CT molecular complexity index is 1290. The highest BCUT2D eigenvalue weighted by Crippen LogP contribution is 2.37. The van der Waals surface area contributed by atoms with Crippen LogP contribution in [0.3, 0.4) is 0 Å². The summed E-state index contributed by atoms with van der Waals surface area (Å²) >= 11 is 12.1. The molecule has 1 N–H and O–H groups in total. The zero-order chi connectivity index (χ0) is 24.7. The Balaban J connectivity index is 1.67. The summed E-state index contributed by atoms with van der Waals surface area (Å²) in [6.07, 6.45) is 0.941. The molecule has 0 unspecified atom stereocenters. The van der Waals surface area contributed by atoms with Gasteiger partial charge in [-0.3, -0.25) is 9.97 Å². The SMILES string of the molecule is C[C@@H](C(=O)N1CC(S(=O)(=O)c2ccccc2Cl)=C[C@H]1N([O-])NC1(C#N)CC1)c1ccc(Cl)cc1. The second-order valence-corrected chi connectivity index (χ2v) is 11.2. The largest absolute Gasteiger partial charge is 0.770 e. The van der Waals surface area contributed by atoms with Gasteiger partial charge in [0.2, 0.25) is 15.7 Å². The Labute approximate surface area is 207 Å². The van der Waals surface area contributed by atoms with Crippen molar-refractivity contribution in [2.75, 3.05) is 6.54 Å². The van der Waals surface area contributed by atoms with E-state index in [4.69, 9.17) is 23.2 Å². The predicted octanol–water partition coefficient (Wildman–Crippen LogP) is 3.98. The van der Waals surface area contributed by atoms with E-state index in [1.54, 1.807) is 43.3 Å². The van der Waals surface area contributed by atoms with Crippen LogP contribution in [0.4, 0.5) is 0 Å². The summed E-state index contributed by atoms with van der Waals surface area (Å²) < 4.78 is 26.6. The van der Waals surface area contributed by atoms with E-state index in [1.165, 1.54) is 23.1 Å². The minimum Gasteiger partial charge on any atom is -0.770 e. The maximum Gasteiger partial charge on any atom is 0.231 e. The van der Waals surface area contributed by atoms with Crippen LogP contribution in [0, 0.1) is 16.5 Å². The smallest absolute Gasteiger partial charge is 0.231 e. The molecule has 1 aliphatic carbocycles. The fraction of sp³-hybridized carbons (Fsp3) is 0.304. The number of sulfone groups is 1. The number of nitrogens with zero attached hydrogens (tertiary/aromatic N) is 3. The Kier molecular flexibility index (Phi) is 6.75. The average molecular weight is 520 g/mol. The van der Waals surface area contributed by atoms with E-state index in [0.717, 1.165) is 0 Å². The summed E-state index contributed by atoms with van der Waals surface area (Å²) in [5, 5.41) is 23.3. The first-order chi connectivity index (χ1) is 16.1. The Morgan fingerprint density at radius 2 is 1.88 bits per heavy atom. The van der Waals surface area contributed by atoms with Crippen molar-refractivity contribution in [2.24, 2.45) is 0 Å². The Morgan fingerprint density at radius 1 is 1.24 bits per heavy atom. The number of rotatable bonds is 7. The highest BCUT2D eigenvalue weighted by atomic mass is 35.5. The molecule has 1 heterocycles. The van der Waals surface area contributed by atoms with Crippen LogP contribution in [-0.2, 0) is 14.6 Å². The fourth-order valence-electron chi connectivity index (χ4n) is 3.74. The van der Waals surface area contributed by atoms with Gasteiger partial charge in [0.1, 0.15) is 11.7 Å². The molecule has 1 aliphatic heterocycles. The van der Waals surface area contributed by atoms with Crippen molar-refractivity contribution in [1.82, 2.24) is 15.5 Å². The van der Waals surface area contributed by atoms with Crippen molar-refractivity contribution in [2.45, 2.75) is 42.3 Å². The van der Waals surface area contributed by atoms with Crippen molar-refractivity contribution < 1.29 is 13.2 Å². The van der Waals surface area contributed by atoms with Gasteiger partial charge < -0.3 is 10.1 Å². The lowest BCUT2D eigenvalue weighted by molar-refractivity contribution is -0.136.